The normalized spacial score (nSPS) is 29.2. The SMILES string of the molecule is CN1CS(=O)(=O)C2=C3C1=CC#CC3CC=C2. The molecule has 16 heavy (non-hydrogen) atoms. The molecule has 0 fully saturated rings. The molecule has 0 aromatic heterocycles. The van der Waals surface area contributed by atoms with E-state index in [1.54, 1.807) is 18.0 Å². The lowest BCUT2D eigenvalue weighted by molar-refractivity contribution is 0.458. The molecule has 1 heterocycles. The Morgan fingerprint density at radius 3 is 3.12 bits per heavy atom. The van der Waals surface area contributed by atoms with Crippen LogP contribution in [0.25, 0.3) is 0 Å². The molecule has 2 aliphatic carbocycles. The summed E-state index contributed by atoms with van der Waals surface area (Å²) < 4.78 is 24.1. The Morgan fingerprint density at radius 2 is 2.31 bits per heavy atom. The molecule has 0 radical (unpaired) electrons. The predicted molar refractivity (Wildman–Crippen MR) is 61.7 cm³/mol. The summed E-state index contributed by atoms with van der Waals surface area (Å²) in [7, 11) is -1.36. The van der Waals surface area contributed by atoms with Gasteiger partial charge in [-0.05, 0) is 12.5 Å². The van der Waals surface area contributed by atoms with Gasteiger partial charge in [0.25, 0.3) is 0 Å². The van der Waals surface area contributed by atoms with Crippen molar-refractivity contribution in [2.45, 2.75) is 6.42 Å². The largest absolute Gasteiger partial charge is 0.359 e. The summed E-state index contributed by atoms with van der Waals surface area (Å²) in [5.74, 6) is 6.17. The van der Waals surface area contributed by atoms with Crippen LogP contribution in [0, 0.1) is 17.8 Å². The van der Waals surface area contributed by atoms with Crippen LogP contribution < -0.4 is 0 Å². The number of sulfone groups is 1. The lowest BCUT2D eigenvalue weighted by Gasteiger charge is -2.35. The minimum absolute atomic E-state index is 0.0520. The van der Waals surface area contributed by atoms with Gasteiger partial charge in [0.05, 0.1) is 16.5 Å². The summed E-state index contributed by atoms with van der Waals surface area (Å²) >= 11 is 0. The fourth-order valence-corrected chi connectivity index (χ4v) is 4.07. The van der Waals surface area contributed by atoms with Crippen molar-refractivity contribution in [3.63, 3.8) is 0 Å². The van der Waals surface area contributed by atoms with Gasteiger partial charge in [0.15, 0.2) is 9.84 Å². The van der Waals surface area contributed by atoms with E-state index < -0.39 is 9.84 Å². The van der Waals surface area contributed by atoms with Crippen LogP contribution in [0.15, 0.2) is 34.4 Å². The van der Waals surface area contributed by atoms with Gasteiger partial charge in [-0.15, -0.1) is 0 Å². The van der Waals surface area contributed by atoms with Gasteiger partial charge in [0, 0.05) is 18.7 Å². The minimum atomic E-state index is -3.16. The fraction of sp³-hybridized carbons (Fsp3) is 0.333. The van der Waals surface area contributed by atoms with Crippen molar-refractivity contribution in [3.05, 3.63) is 34.4 Å². The number of hydrogen-bond acceptors (Lipinski definition) is 3. The molecule has 3 rings (SSSR count). The molecule has 3 aliphatic rings. The number of likely N-dealkylation sites (N-methyl/N-ethyl adjacent to an activating group) is 1. The van der Waals surface area contributed by atoms with Crippen LogP contribution in [0.2, 0.25) is 0 Å². The van der Waals surface area contributed by atoms with Gasteiger partial charge in [-0.25, -0.2) is 8.42 Å². The van der Waals surface area contributed by atoms with Crippen LogP contribution in [0.3, 0.4) is 0 Å². The fourth-order valence-electron chi connectivity index (χ4n) is 2.40. The predicted octanol–water partition coefficient (Wildman–Crippen LogP) is 1.04. The molecular weight excluding hydrogens is 222 g/mol. The van der Waals surface area contributed by atoms with E-state index >= 15 is 0 Å². The maximum absolute atomic E-state index is 12.0. The molecule has 0 bridgehead atoms. The Bertz CT molecular complexity index is 611. The second kappa shape index (κ2) is 3.02. The second-order valence-corrected chi connectivity index (χ2v) is 6.16. The van der Waals surface area contributed by atoms with Gasteiger partial charge in [-0.1, -0.05) is 17.9 Å². The van der Waals surface area contributed by atoms with E-state index in [0.29, 0.717) is 4.91 Å². The van der Waals surface area contributed by atoms with Crippen molar-refractivity contribution >= 4 is 9.84 Å². The van der Waals surface area contributed by atoms with Crippen LogP contribution in [0.1, 0.15) is 6.42 Å². The zero-order valence-corrected chi connectivity index (χ0v) is 9.71. The van der Waals surface area contributed by atoms with Gasteiger partial charge < -0.3 is 4.90 Å². The van der Waals surface area contributed by atoms with Crippen molar-refractivity contribution in [1.82, 2.24) is 4.90 Å². The minimum Gasteiger partial charge on any atom is -0.359 e. The molecule has 1 unspecified atom stereocenters. The number of nitrogens with zero attached hydrogens (tertiary/aromatic N) is 1. The monoisotopic (exact) mass is 233 g/mol. The van der Waals surface area contributed by atoms with Crippen molar-refractivity contribution in [2.75, 3.05) is 12.9 Å². The van der Waals surface area contributed by atoms with Gasteiger partial charge >= 0.3 is 0 Å². The Labute approximate surface area is 95.1 Å². The van der Waals surface area contributed by atoms with Crippen LogP contribution >= 0.6 is 0 Å². The molecule has 3 nitrogen and oxygen atoms in total. The van der Waals surface area contributed by atoms with Gasteiger partial charge in [-0.3, -0.25) is 0 Å². The first-order valence-corrected chi connectivity index (χ1v) is 6.81. The molecule has 0 N–H and O–H groups in total. The van der Waals surface area contributed by atoms with E-state index in [9.17, 15) is 8.42 Å². The van der Waals surface area contributed by atoms with Crippen LogP contribution in [-0.4, -0.2) is 26.2 Å². The molecule has 0 aromatic rings. The third-order valence-electron chi connectivity index (χ3n) is 3.11. The highest BCUT2D eigenvalue weighted by molar-refractivity contribution is 7.95. The maximum atomic E-state index is 12.0. The lowest BCUT2D eigenvalue weighted by Crippen LogP contribution is -2.36. The molecule has 0 amide bonds. The van der Waals surface area contributed by atoms with Crippen LogP contribution in [0.5, 0.6) is 0 Å². The summed E-state index contributed by atoms with van der Waals surface area (Å²) in [5, 5.41) is 0. The molecule has 1 atom stereocenters. The number of allylic oxidation sites excluding steroid dienone is 4. The molecule has 82 valence electrons. The standard InChI is InChI=1S/C12H11NO2S/c1-13-8-16(14,15)11-7-3-5-9-4-2-6-10(13)12(9)11/h3,6-7,9H,5,8H2,1H3. The topological polar surface area (TPSA) is 37.4 Å². The van der Waals surface area contributed by atoms with Gasteiger partial charge in [-0.2, -0.15) is 0 Å². The van der Waals surface area contributed by atoms with Crippen molar-refractivity contribution in [1.29, 1.82) is 0 Å². The second-order valence-electron chi connectivity index (χ2n) is 4.23. The summed E-state index contributed by atoms with van der Waals surface area (Å²) in [6, 6.07) is 0. The lowest BCUT2D eigenvalue weighted by atomic mass is 9.87. The van der Waals surface area contributed by atoms with E-state index in [1.165, 1.54) is 0 Å². The van der Waals surface area contributed by atoms with Crippen LogP contribution in [0.4, 0.5) is 0 Å². The average molecular weight is 233 g/mol. The molecule has 0 saturated carbocycles. The van der Waals surface area contributed by atoms with Crippen LogP contribution in [-0.2, 0) is 9.84 Å². The third-order valence-corrected chi connectivity index (χ3v) is 4.86. The van der Waals surface area contributed by atoms with Crippen molar-refractivity contribution in [3.8, 4) is 11.8 Å². The zero-order chi connectivity index (χ0) is 11.3. The summed E-state index contributed by atoms with van der Waals surface area (Å²) in [6.45, 7) is 0. The molecule has 0 saturated heterocycles. The molecule has 0 aromatic carbocycles. The maximum Gasteiger partial charge on any atom is 0.196 e. The first-order valence-electron chi connectivity index (χ1n) is 5.16. The summed E-state index contributed by atoms with van der Waals surface area (Å²) in [4.78, 5) is 2.25. The van der Waals surface area contributed by atoms with E-state index in [-0.39, 0.29) is 11.8 Å². The molecule has 1 aliphatic heterocycles. The Morgan fingerprint density at radius 1 is 1.50 bits per heavy atom. The van der Waals surface area contributed by atoms with Gasteiger partial charge in [0.2, 0.25) is 0 Å². The first-order chi connectivity index (χ1) is 7.59. The van der Waals surface area contributed by atoms with Crippen molar-refractivity contribution in [2.24, 2.45) is 5.92 Å². The number of hydrogen-bond donors (Lipinski definition) is 0. The third kappa shape index (κ3) is 1.18. The summed E-state index contributed by atoms with van der Waals surface area (Å²) in [6.07, 6.45) is 6.27. The van der Waals surface area contributed by atoms with Gasteiger partial charge in [0.1, 0.15) is 5.88 Å². The molecular formula is C12H11NO2S. The Hall–Kier alpha value is -1.47. The molecule has 4 heteroatoms. The van der Waals surface area contributed by atoms with E-state index in [0.717, 1.165) is 17.7 Å². The smallest absolute Gasteiger partial charge is 0.196 e. The Balaban J connectivity index is 2.33. The average Bonchev–Trinajstić information content (AvgIpc) is 2.25. The highest BCUT2D eigenvalue weighted by Gasteiger charge is 2.36. The van der Waals surface area contributed by atoms with E-state index in [4.69, 9.17) is 0 Å². The van der Waals surface area contributed by atoms with E-state index in [2.05, 4.69) is 11.8 Å². The first kappa shape index (κ1) is 9.73. The summed E-state index contributed by atoms with van der Waals surface area (Å²) in [5.41, 5.74) is 1.87. The zero-order valence-electron chi connectivity index (χ0n) is 8.90. The molecule has 0 spiro atoms. The Kier molecular flexibility index (Phi) is 1.84. The number of rotatable bonds is 0. The highest BCUT2D eigenvalue weighted by Crippen LogP contribution is 2.39. The van der Waals surface area contributed by atoms with E-state index in [1.807, 2.05) is 12.2 Å². The quantitative estimate of drug-likeness (QED) is 0.587. The van der Waals surface area contributed by atoms with Crippen molar-refractivity contribution < 1.29 is 8.42 Å². The highest BCUT2D eigenvalue weighted by atomic mass is 32.2.